The van der Waals surface area contributed by atoms with Crippen LogP contribution < -0.4 is 0 Å². The Kier molecular flexibility index (Phi) is 8.99. The summed E-state index contributed by atoms with van der Waals surface area (Å²) in [6, 6.07) is 79.2. The fourth-order valence-electron chi connectivity index (χ4n) is 10.9. The number of nitriles is 2. The van der Waals surface area contributed by atoms with E-state index in [0.717, 1.165) is 92.8 Å². The lowest BCUT2D eigenvalue weighted by atomic mass is 9.81. The predicted molar refractivity (Wildman–Crippen MR) is 292 cm³/mol. The van der Waals surface area contributed by atoms with Crippen LogP contribution in [0.5, 0.6) is 0 Å². The number of benzene rings is 10. The van der Waals surface area contributed by atoms with Gasteiger partial charge in [-0.25, -0.2) is 4.98 Å². The Bertz CT molecular complexity index is 4400. The van der Waals surface area contributed by atoms with Crippen molar-refractivity contribution in [3.05, 3.63) is 223 Å². The van der Waals surface area contributed by atoms with Crippen molar-refractivity contribution in [2.24, 2.45) is 0 Å². The van der Waals surface area contributed by atoms with Gasteiger partial charge in [0.2, 0.25) is 0 Å². The first kappa shape index (κ1) is 40.0. The van der Waals surface area contributed by atoms with Gasteiger partial charge in [-0.1, -0.05) is 176 Å². The molecule has 0 aliphatic carbocycles. The van der Waals surface area contributed by atoms with Crippen LogP contribution in [-0.2, 0) is 0 Å². The third-order valence-corrected chi connectivity index (χ3v) is 16.2. The smallest absolute Gasteiger partial charge is 0.145 e. The predicted octanol–water partition coefficient (Wildman–Crippen LogP) is 17.3. The Balaban J connectivity index is 1.17. The van der Waals surface area contributed by atoms with E-state index in [1.165, 1.54) is 30.9 Å². The summed E-state index contributed by atoms with van der Waals surface area (Å²) in [5.74, 6) is 0.843. The first-order valence-electron chi connectivity index (χ1n) is 23.2. The van der Waals surface area contributed by atoms with E-state index in [1.807, 2.05) is 78.9 Å². The highest BCUT2D eigenvalue weighted by atomic mass is 32.1. The van der Waals surface area contributed by atoms with Crippen LogP contribution in [0.4, 0.5) is 0 Å². The maximum absolute atomic E-state index is 12.0. The maximum atomic E-state index is 12.0. The number of hydrogen-bond donors (Lipinski definition) is 0. The molecular weight excluding hydrogens is 891 g/mol. The van der Waals surface area contributed by atoms with Crippen LogP contribution in [0.1, 0.15) is 11.1 Å². The van der Waals surface area contributed by atoms with Crippen LogP contribution in [0.3, 0.4) is 0 Å². The van der Waals surface area contributed by atoms with E-state index >= 15 is 0 Å². The van der Waals surface area contributed by atoms with Gasteiger partial charge in [-0.3, -0.25) is 4.57 Å². The molecule has 0 amide bonds. The van der Waals surface area contributed by atoms with Crippen molar-refractivity contribution >= 4 is 95.9 Å². The molecule has 14 rings (SSSR count). The van der Waals surface area contributed by atoms with Crippen molar-refractivity contribution in [1.82, 2.24) is 14.1 Å². The largest absolute Gasteiger partial charge is 0.304 e. The summed E-state index contributed by atoms with van der Waals surface area (Å²) in [4.78, 5) is 5.13. The second-order valence-electron chi connectivity index (χ2n) is 17.6. The lowest BCUT2D eigenvalue weighted by Crippen LogP contribution is -2.08. The maximum Gasteiger partial charge on any atom is 0.145 e. The normalized spacial score (nSPS) is 11.7. The molecule has 14 aromatic rings. The zero-order valence-corrected chi connectivity index (χ0v) is 38.9. The fourth-order valence-corrected chi connectivity index (χ4v) is 13.3. The molecule has 0 radical (unpaired) electrons. The highest BCUT2D eigenvalue weighted by molar-refractivity contribution is 7.27. The molecule has 0 atom stereocenters. The van der Waals surface area contributed by atoms with Gasteiger partial charge < -0.3 is 4.57 Å². The molecule has 0 saturated heterocycles. The van der Waals surface area contributed by atoms with E-state index in [2.05, 4.69) is 155 Å². The van der Waals surface area contributed by atoms with Crippen molar-refractivity contribution in [3.8, 4) is 68.3 Å². The molecular formula is C63H35N5S2. The Morgan fingerprint density at radius 1 is 0.371 bits per heavy atom. The molecule has 0 fully saturated rings. The van der Waals surface area contributed by atoms with Gasteiger partial charge in [0.15, 0.2) is 0 Å². The van der Waals surface area contributed by atoms with Crippen LogP contribution in [0.2, 0.25) is 0 Å². The second-order valence-corrected chi connectivity index (χ2v) is 19.7. The molecule has 4 heterocycles. The van der Waals surface area contributed by atoms with Crippen molar-refractivity contribution in [3.63, 3.8) is 0 Å². The molecule has 0 spiro atoms. The molecule has 7 heteroatoms. The number of hydrogen-bond acceptors (Lipinski definition) is 5. The number of aromatic nitrogens is 3. The van der Waals surface area contributed by atoms with Crippen LogP contribution in [-0.4, -0.2) is 14.1 Å². The number of fused-ring (bicyclic) bond motifs is 12. The molecule has 0 unspecified atom stereocenters. The first-order chi connectivity index (χ1) is 34.7. The van der Waals surface area contributed by atoms with Crippen molar-refractivity contribution in [2.45, 2.75) is 0 Å². The molecule has 0 N–H and O–H groups in total. The van der Waals surface area contributed by atoms with Gasteiger partial charge in [-0.15, -0.1) is 22.7 Å². The van der Waals surface area contributed by atoms with E-state index < -0.39 is 0 Å². The monoisotopic (exact) mass is 925 g/mol. The summed E-state index contributed by atoms with van der Waals surface area (Å²) in [6.07, 6.45) is 0. The molecule has 0 aliphatic rings. The van der Waals surface area contributed by atoms with Gasteiger partial charge >= 0.3 is 0 Å². The van der Waals surface area contributed by atoms with E-state index in [0.29, 0.717) is 16.7 Å². The minimum absolute atomic E-state index is 0.439. The first-order valence-corrected chi connectivity index (χ1v) is 24.8. The minimum atomic E-state index is 0.439. The molecule has 0 bridgehead atoms. The molecule has 70 heavy (non-hydrogen) atoms. The highest BCUT2D eigenvalue weighted by Crippen LogP contribution is 2.52. The van der Waals surface area contributed by atoms with E-state index in [1.54, 1.807) is 22.7 Å². The lowest BCUT2D eigenvalue weighted by Gasteiger charge is -2.25. The van der Waals surface area contributed by atoms with Gasteiger partial charge in [-0.2, -0.15) is 10.5 Å². The fraction of sp³-hybridized carbons (Fsp3) is 0. The number of thiophene rings is 2. The van der Waals surface area contributed by atoms with Gasteiger partial charge in [-0.05, 0) is 53.1 Å². The van der Waals surface area contributed by atoms with Crippen LogP contribution in [0.25, 0.3) is 129 Å². The van der Waals surface area contributed by atoms with Crippen LogP contribution in [0.15, 0.2) is 212 Å². The second kappa shape index (κ2) is 15.7. The molecule has 5 nitrogen and oxygen atoms in total. The van der Waals surface area contributed by atoms with Gasteiger partial charge in [0.05, 0.1) is 48.3 Å². The number of imidazole rings is 1. The average molecular weight is 926 g/mol. The third kappa shape index (κ3) is 5.84. The summed E-state index contributed by atoms with van der Waals surface area (Å²) in [7, 11) is 0. The van der Waals surface area contributed by atoms with Crippen LogP contribution in [0, 0.1) is 22.7 Å². The average Bonchev–Trinajstić information content (AvgIpc) is 4.20. The van der Waals surface area contributed by atoms with Crippen LogP contribution >= 0.6 is 22.7 Å². The molecule has 0 saturated carbocycles. The van der Waals surface area contributed by atoms with E-state index in [-0.39, 0.29) is 0 Å². The number of nitrogens with zero attached hydrogens (tertiary/aromatic N) is 5. The molecule has 4 aromatic heterocycles. The summed E-state index contributed by atoms with van der Waals surface area (Å²) < 4.78 is 9.31. The van der Waals surface area contributed by atoms with Crippen molar-refractivity contribution < 1.29 is 0 Å². The Labute approximate surface area is 409 Å². The Morgan fingerprint density at radius 3 is 1.41 bits per heavy atom. The highest BCUT2D eigenvalue weighted by Gasteiger charge is 2.32. The quantitative estimate of drug-likeness (QED) is 0.167. The van der Waals surface area contributed by atoms with E-state index in [4.69, 9.17) is 4.98 Å². The van der Waals surface area contributed by atoms with Gasteiger partial charge in [0, 0.05) is 69.7 Å². The summed E-state index contributed by atoms with van der Waals surface area (Å²) in [6.45, 7) is 0. The van der Waals surface area contributed by atoms with Gasteiger partial charge in [0.1, 0.15) is 18.0 Å². The van der Waals surface area contributed by atoms with Crippen molar-refractivity contribution in [1.29, 1.82) is 10.5 Å². The van der Waals surface area contributed by atoms with Gasteiger partial charge in [0.25, 0.3) is 0 Å². The summed E-state index contributed by atoms with van der Waals surface area (Å²) >= 11 is 3.58. The zero-order chi connectivity index (χ0) is 46.5. The third-order valence-electron chi connectivity index (χ3n) is 13.8. The summed E-state index contributed by atoms with van der Waals surface area (Å²) in [5.41, 5.74) is 12.3. The van der Waals surface area contributed by atoms with Crippen molar-refractivity contribution in [2.75, 3.05) is 0 Å². The Hall–Kier alpha value is -9.11. The number of para-hydroxylation sites is 2. The molecule has 0 aliphatic heterocycles. The molecule has 10 aromatic carbocycles. The number of rotatable bonds is 6. The Morgan fingerprint density at radius 2 is 0.843 bits per heavy atom. The van der Waals surface area contributed by atoms with E-state index in [9.17, 15) is 10.5 Å². The molecule has 324 valence electrons. The standard InChI is InChI=1S/C63H35N5S2/c64-36-49-55(38-16-4-1-5-17-38)50(37-65)58(68-59-45(32-34-47-43-22-10-14-26-53(43)69-61(47)59)46-33-35-48-44-23-11-15-27-54(44)70-62(48)60(46)68)57(39-18-6-2-7-19-39)56(49)40-28-30-42(31-29-40)67-52-25-13-12-24-51(52)66-63(67)41-20-8-3-9-21-41/h1-35H. The lowest BCUT2D eigenvalue weighted by molar-refractivity contribution is 1.10. The topological polar surface area (TPSA) is 70.3 Å². The zero-order valence-electron chi connectivity index (χ0n) is 37.3. The minimum Gasteiger partial charge on any atom is -0.304 e. The summed E-state index contributed by atoms with van der Waals surface area (Å²) in [5, 5.41) is 30.7. The SMILES string of the molecule is N#Cc1c(-c2ccccc2)c(C#N)c(-n2c3c(ccc4c5ccccc5sc43)c3ccc4c5ccccc5sc4c32)c(-c2ccccc2)c1-c1ccc(-n2c(-c3ccccc3)nc3ccccc32)cc1.